The van der Waals surface area contributed by atoms with E-state index >= 15 is 0 Å². The van der Waals surface area contributed by atoms with Crippen LogP contribution in [0.15, 0.2) is 23.9 Å². The Kier molecular flexibility index (Phi) is 6.98. The number of nitrogens with zero attached hydrogens (tertiary/aromatic N) is 3. The number of hydrogen-bond donors (Lipinski definition) is 0. The third-order valence-corrected chi connectivity index (χ3v) is 6.15. The zero-order valence-electron chi connectivity index (χ0n) is 19.2. The van der Waals surface area contributed by atoms with Gasteiger partial charge in [0.05, 0.1) is 24.8 Å². The highest BCUT2D eigenvalue weighted by Crippen LogP contribution is 2.35. The van der Waals surface area contributed by atoms with Crippen LogP contribution >= 0.6 is 0 Å². The predicted molar refractivity (Wildman–Crippen MR) is 119 cm³/mol. The molecule has 0 aliphatic carbocycles. The Balaban J connectivity index is 1.97. The molecule has 2 aliphatic rings. The first kappa shape index (κ1) is 22.5. The van der Waals surface area contributed by atoms with E-state index in [1.807, 2.05) is 46.9 Å². The molecule has 0 radical (unpaired) electrons. The van der Waals surface area contributed by atoms with Gasteiger partial charge in [-0.05, 0) is 71.8 Å². The molecule has 0 bridgehead atoms. The number of likely N-dealkylation sites (tertiary alicyclic amines) is 1. The first-order valence-electron chi connectivity index (χ1n) is 10.9. The largest absolute Gasteiger partial charge is 0.377 e. The van der Waals surface area contributed by atoms with E-state index in [1.165, 1.54) is 4.90 Å². The molecule has 0 spiro atoms. The van der Waals surface area contributed by atoms with E-state index in [1.54, 1.807) is 0 Å². The zero-order chi connectivity index (χ0) is 22.0. The summed E-state index contributed by atoms with van der Waals surface area (Å²) >= 11 is 0. The number of amides is 2. The lowest BCUT2D eigenvalue weighted by Gasteiger charge is -2.36. The van der Waals surface area contributed by atoms with E-state index in [0.29, 0.717) is 17.9 Å². The first-order chi connectivity index (χ1) is 14.2. The molecule has 0 unspecified atom stereocenters. The minimum Gasteiger partial charge on any atom is -0.377 e. The van der Waals surface area contributed by atoms with Gasteiger partial charge in [-0.2, -0.15) is 0 Å². The fraction of sp³-hybridized carbons (Fsp3) is 0.583. The monoisotopic (exact) mass is 413 g/mol. The van der Waals surface area contributed by atoms with Crippen LogP contribution < -0.4 is 0 Å². The molecule has 6 nitrogen and oxygen atoms in total. The van der Waals surface area contributed by atoms with Crippen molar-refractivity contribution in [3.05, 3.63) is 40.6 Å². The van der Waals surface area contributed by atoms with Crippen LogP contribution in [0.25, 0.3) is 5.57 Å². The lowest BCUT2D eigenvalue weighted by atomic mass is 9.96. The number of ether oxygens (including phenoxy) is 1. The maximum Gasteiger partial charge on any atom is 0.277 e. The number of hydrogen-bond acceptors (Lipinski definition) is 5. The molecule has 2 heterocycles. The molecule has 0 saturated carbocycles. The minimum absolute atomic E-state index is 0.0611. The number of rotatable bonds is 7. The second-order valence-electron chi connectivity index (χ2n) is 8.87. The van der Waals surface area contributed by atoms with Gasteiger partial charge in [0.1, 0.15) is 5.70 Å². The normalized spacial score (nSPS) is 18.8. The van der Waals surface area contributed by atoms with Gasteiger partial charge in [-0.1, -0.05) is 23.8 Å². The second kappa shape index (κ2) is 9.31. The van der Waals surface area contributed by atoms with E-state index < -0.39 is 0 Å². The summed E-state index contributed by atoms with van der Waals surface area (Å²) in [5.74, 6) is -0.419. The van der Waals surface area contributed by atoms with Crippen molar-refractivity contribution >= 4 is 17.4 Å². The predicted octanol–water partition coefficient (Wildman–Crippen LogP) is 2.83. The van der Waals surface area contributed by atoms with Crippen LogP contribution in [-0.2, 0) is 14.3 Å². The van der Waals surface area contributed by atoms with Crippen LogP contribution in [-0.4, -0.2) is 79.0 Å². The molecule has 0 aromatic heterocycles. The summed E-state index contributed by atoms with van der Waals surface area (Å²) in [6, 6.07) is 6.30. The van der Waals surface area contributed by atoms with Crippen LogP contribution in [0.3, 0.4) is 0 Å². The summed E-state index contributed by atoms with van der Waals surface area (Å²) < 4.78 is 5.62. The summed E-state index contributed by atoms with van der Waals surface area (Å²) in [6.07, 6.45) is 2.02. The highest BCUT2D eigenvalue weighted by atomic mass is 16.5. The Labute approximate surface area is 180 Å². The van der Waals surface area contributed by atoms with Crippen molar-refractivity contribution in [1.82, 2.24) is 14.7 Å². The van der Waals surface area contributed by atoms with Gasteiger partial charge in [0.2, 0.25) is 0 Å². The van der Waals surface area contributed by atoms with Crippen molar-refractivity contribution in [1.29, 1.82) is 0 Å². The number of imide groups is 1. The highest BCUT2D eigenvalue weighted by molar-refractivity contribution is 6.35. The molecular weight excluding hydrogens is 378 g/mol. The van der Waals surface area contributed by atoms with Gasteiger partial charge in [-0.15, -0.1) is 0 Å². The number of carbonyl (C=O) groups excluding carboxylic acids is 2. The van der Waals surface area contributed by atoms with E-state index in [-0.39, 0.29) is 30.5 Å². The molecule has 6 heteroatoms. The van der Waals surface area contributed by atoms with Crippen LogP contribution in [0.1, 0.15) is 43.4 Å². The number of carbonyl (C=O) groups is 2. The molecule has 1 saturated heterocycles. The number of piperidine rings is 1. The van der Waals surface area contributed by atoms with Gasteiger partial charge in [0, 0.05) is 13.1 Å². The lowest BCUT2D eigenvalue weighted by Crippen LogP contribution is -2.44. The van der Waals surface area contributed by atoms with Crippen molar-refractivity contribution in [2.75, 3.05) is 40.3 Å². The Morgan fingerprint density at radius 2 is 1.80 bits per heavy atom. The van der Waals surface area contributed by atoms with E-state index in [2.05, 4.69) is 22.9 Å². The molecular formula is C24H35N3O3. The van der Waals surface area contributed by atoms with Crippen LogP contribution in [0, 0.1) is 13.8 Å². The molecule has 164 valence electrons. The zero-order valence-corrected chi connectivity index (χ0v) is 19.2. The fourth-order valence-electron chi connectivity index (χ4n) is 4.37. The summed E-state index contributed by atoms with van der Waals surface area (Å²) in [7, 11) is 4.09. The topological polar surface area (TPSA) is 53.1 Å². The number of benzene rings is 1. The SMILES string of the molecule is Cc1ccc(C2=C(N(C)C3CCN(C)CC3)C(=O)N(CCOC(C)C)C2=O)c(C)c1. The second-order valence-corrected chi connectivity index (χ2v) is 8.87. The van der Waals surface area contributed by atoms with E-state index in [9.17, 15) is 9.59 Å². The maximum absolute atomic E-state index is 13.4. The molecule has 3 rings (SSSR count). The van der Waals surface area contributed by atoms with Gasteiger partial charge in [-0.3, -0.25) is 14.5 Å². The standard InChI is InChI=1S/C24H35N3O3/c1-16(2)30-14-13-27-23(28)21(20-8-7-17(3)15-18(20)4)22(24(27)29)26(6)19-9-11-25(5)12-10-19/h7-8,15-16,19H,9-14H2,1-6H3. The van der Waals surface area contributed by atoms with Crippen LogP contribution in [0.4, 0.5) is 0 Å². The van der Waals surface area contributed by atoms with Crippen molar-refractivity contribution in [3.63, 3.8) is 0 Å². The van der Waals surface area contributed by atoms with Gasteiger partial charge in [0.25, 0.3) is 11.8 Å². The molecule has 2 aliphatic heterocycles. The average Bonchev–Trinajstić information content (AvgIpc) is 2.92. The summed E-state index contributed by atoms with van der Waals surface area (Å²) in [5, 5.41) is 0. The van der Waals surface area contributed by atoms with Gasteiger partial charge in [-0.25, -0.2) is 0 Å². The van der Waals surface area contributed by atoms with Gasteiger partial charge < -0.3 is 14.5 Å². The molecule has 1 aromatic carbocycles. The lowest BCUT2D eigenvalue weighted by molar-refractivity contribution is -0.138. The Bertz CT molecular complexity index is 838. The molecule has 1 fully saturated rings. The highest BCUT2D eigenvalue weighted by Gasteiger charge is 2.42. The van der Waals surface area contributed by atoms with Crippen LogP contribution in [0.2, 0.25) is 0 Å². The van der Waals surface area contributed by atoms with Crippen LogP contribution in [0.5, 0.6) is 0 Å². The van der Waals surface area contributed by atoms with Crippen molar-refractivity contribution in [3.8, 4) is 0 Å². The molecule has 1 aromatic rings. The first-order valence-corrected chi connectivity index (χ1v) is 10.9. The third kappa shape index (κ3) is 4.60. The summed E-state index contributed by atoms with van der Waals surface area (Å²) in [6.45, 7) is 10.6. The van der Waals surface area contributed by atoms with Gasteiger partial charge >= 0.3 is 0 Å². The maximum atomic E-state index is 13.4. The number of likely N-dealkylation sites (N-methyl/N-ethyl adjacent to an activating group) is 1. The third-order valence-electron chi connectivity index (χ3n) is 6.15. The molecule has 2 amide bonds. The molecule has 0 atom stereocenters. The van der Waals surface area contributed by atoms with Crippen molar-refractivity contribution in [2.24, 2.45) is 0 Å². The van der Waals surface area contributed by atoms with E-state index in [4.69, 9.17) is 4.74 Å². The quantitative estimate of drug-likeness (QED) is 0.644. The Hall–Kier alpha value is -2.18. The summed E-state index contributed by atoms with van der Waals surface area (Å²) in [4.78, 5) is 32.6. The Morgan fingerprint density at radius 3 is 2.40 bits per heavy atom. The van der Waals surface area contributed by atoms with Crippen molar-refractivity contribution < 1.29 is 14.3 Å². The Morgan fingerprint density at radius 1 is 1.13 bits per heavy atom. The fourth-order valence-corrected chi connectivity index (χ4v) is 4.37. The molecule has 0 N–H and O–H groups in total. The van der Waals surface area contributed by atoms with E-state index in [0.717, 1.165) is 42.6 Å². The number of aryl methyl sites for hydroxylation is 2. The van der Waals surface area contributed by atoms with Gasteiger partial charge in [0.15, 0.2) is 0 Å². The average molecular weight is 414 g/mol. The molecule has 30 heavy (non-hydrogen) atoms. The summed E-state index contributed by atoms with van der Waals surface area (Å²) in [5.41, 5.74) is 4.07. The smallest absolute Gasteiger partial charge is 0.277 e. The van der Waals surface area contributed by atoms with Crippen molar-refractivity contribution in [2.45, 2.75) is 52.7 Å². The minimum atomic E-state index is -0.214.